The van der Waals surface area contributed by atoms with Crippen LogP contribution < -0.4 is 5.32 Å². The fourth-order valence-electron chi connectivity index (χ4n) is 2.78. The monoisotopic (exact) mass is 395 g/mol. The standard InChI is InChI=1S/C16H15N3O2.C2HF3O2/c17-8-12(11-4-3-7-18-9-11)10-19-15(20)13-5-1-2-6-14(13)16(19)21;3-2(4,5)1(6)7/h1-2,5-6,18H,3-4,7,9-10H2;(H,6,7). The SMILES string of the molecule is N#CC(CN1C(=O)c2ccccc2C1=O)=C1CCCNC1.O=C(O)C(F)(F)F. The summed E-state index contributed by atoms with van der Waals surface area (Å²) in [7, 11) is 0. The van der Waals surface area contributed by atoms with Gasteiger partial charge in [0.15, 0.2) is 0 Å². The smallest absolute Gasteiger partial charge is 0.475 e. The summed E-state index contributed by atoms with van der Waals surface area (Å²) >= 11 is 0. The summed E-state index contributed by atoms with van der Waals surface area (Å²) in [5.41, 5.74) is 2.37. The number of nitrogens with one attached hydrogen (secondary N) is 1. The Hall–Kier alpha value is -3.19. The van der Waals surface area contributed by atoms with Gasteiger partial charge in [-0.1, -0.05) is 12.1 Å². The Morgan fingerprint density at radius 2 is 1.75 bits per heavy atom. The molecular weight excluding hydrogens is 379 g/mol. The first-order chi connectivity index (χ1) is 13.2. The lowest BCUT2D eigenvalue weighted by Crippen LogP contribution is -2.33. The van der Waals surface area contributed by atoms with Crippen molar-refractivity contribution in [1.29, 1.82) is 5.26 Å². The van der Waals surface area contributed by atoms with Gasteiger partial charge >= 0.3 is 12.1 Å². The van der Waals surface area contributed by atoms with E-state index in [-0.39, 0.29) is 18.4 Å². The number of nitriles is 1. The number of carboxylic acids is 1. The van der Waals surface area contributed by atoms with Crippen LogP contribution in [0.15, 0.2) is 35.4 Å². The molecule has 10 heteroatoms. The molecular formula is C18H16F3N3O4. The van der Waals surface area contributed by atoms with E-state index < -0.39 is 12.1 Å². The normalized spacial score (nSPS) is 18.0. The number of fused-ring (bicyclic) bond motifs is 1. The molecule has 3 rings (SSSR count). The number of imide groups is 1. The summed E-state index contributed by atoms with van der Waals surface area (Å²) < 4.78 is 31.7. The second-order valence-electron chi connectivity index (χ2n) is 6.02. The van der Waals surface area contributed by atoms with Crippen molar-refractivity contribution in [2.75, 3.05) is 19.6 Å². The Balaban J connectivity index is 0.000000345. The largest absolute Gasteiger partial charge is 0.490 e. The zero-order valence-corrected chi connectivity index (χ0v) is 14.5. The van der Waals surface area contributed by atoms with Crippen LogP contribution in [0.4, 0.5) is 13.2 Å². The molecule has 148 valence electrons. The van der Waals surface area contributed by atoms with Crippen molar-refractivity contribution in [3.63, 3.8) is 0 Å². The van der Waals surface area contributed by atoms with Crippen LogP contribution in [0.25, 0.3) is 0 Å². The van der Waals surface area contributed by atoms with Crippen LogP contribution in [-0.4, -0.2) is 53.6 Å². The minimum Gasteiger partial charge on any atom is -0.475 e. The number of amides is 2. The number of carboxylic acid groups (broad SMARTS) is 1. The van der Waals surface area contributed by atoms with Gasteiger partial charge in [0.05, 0.1) is 23.7 Å². The third-order valence-corrected chi connectivity index (χ3v) is 4.17. The molecule has 1 saturated heterocycles. The molecule has 0 aromatic heterocycles. The maximum Gasteiger partial charge on any atom is 0.490 e. The molecule has 1 aromatic rings. The molecule has 2 amide bonds. The van der Waals surface area contributed by atoms with Crippen molar-refractivity contribution in [3.8, 4) is 6.07 Å². The van der Waals surface area contributed by atoms with Gasteiger partial charge in [0.1, 0.15) is 0 Å². The molecule has 0 aliphatic carbocycles. The maximum absolute atomic E-state index is 12.3. The molecule has 0 unspecified atom stereocenters. The summed E-state index contributed by atoms with van der Waals surface area (Å²) in [6, 6.07) is 8.94. The Morgan fingerprint density at radius 3 is 2.14 bits per heavy atom. The lowest BCUT2D eigenvalue weighted by molar-refractivity contribution is -0.192. The van der Waals surface area contributed by atoms with Crippen LogP contribution in [0.3, 0.4) is 0 Å². The molecule has 2 aliphatic heterocycles. The van der Waals surface area contributed by atoms with Crippen LogP contribution in [-0.2, 0) is 4.79 Å². The Labute approximate surface area is 158 Å². The number of carbonyl (C=O) groups excluding carboxylic acids is 2. The average molecular weight is 395 g/mol. The zero-order chi connectivity index (χ0) is 20.9. The lowest BCUT2D eigenvalue weighted by atomic mass is 10.0. The predicted octanol–water partition coefficient (Wildman–Crippen LogP) is 2.12. The maximum atomic E-state index is 12.3. The first-order valence-corrected chi connectivity index (χ1v) is 8.24. The number of hydrogen-bond donors (Lipinski definition) is 2. The summed E-state index contributed by atoms with van der Waals surface area (Å²) in [5.74, 6) is -3.38. The number of alkyl halides is 3. The molecule has 2 aliphatic rings. The topological polar surface area (TPSA) is 111 Å². The highest BCUT2D eigenvalue weighted by molar-refractivity contribution is 6.21. The lowest BCUT2D eigenvalue weighted by Gasteiger charge is -2.20. The first kappa shape index (κ1) is 21.1. The van der Waals surface area contributed by atoms with E-state index in [1.165, 1.54) is 4.90 Å². The van der Waals surface area contributed by atoms with Crippen LogP contribution in [0.2, 0.25) is 0 Å². The molecule has 7 nitrogen and oxygen atoms in total. The summed E-state index contributed by atoms with van der Waals surface area (Å²) in [5, 5.41) is 19.7. The highest BCUT2D eigenvalue weighted by Gasteiger charge is 2.38. The molecule has 0 spiro atoms. The van der Waals surface area contributed by atoms with Crippen molar-refractivity contribution in [2.45, 2.75) is 19.0 Å². The van der Waals surface area contributed by atoms with Gasteiger partial charge in [-0.3, -0.25) is 14.5 Å². The van der Waals surface area contributed by atoms with Gasteiger partial charge in [-0.2, -0.15) is 18.4 Å². The van der Waals surface area contributed by atoms with Crippen LogP contribution >= 0.6 is 0 Å². The third-order valence-electron chi connectivity index (χ3n) is 4.17. The number of nitrogens with zero attached hydrogens (tertiary/aromatic N) is 2. The molecule has 2 heterocycles. The minimum atomic E-state index is -5.08. The van der Waals surface area contributed by atoms with Gasteiger partial charge in [-0.05, 0) is 37.1 Å². The van der Waals surface area contributed by atoms with E-state index in [1.807, 2.05) is 0 Å². The van der Waals surface area contributed by atoms with E-state index >= 15 is 0 Å². The van der Waals surface area contributed by atoms with Crippen molar-refractivity contribution >= 4 is 17.8 Å². The number of carbonyl (C=O) groups is 3. The van der Waals surface area contributed by atoms with Crippen molar-refractivity contribution < 1.29 is 32.7 Å². The number of aliphatic carboxylic acids is 1. The van der Waals surface area contributed by atoms with Crippen LogP contribution in [0, 0.1) is 11.3 Å². The Morgan fingerprint density at radius 1 is 1.21 bits per heavy atom. The van der Waals surface area contributed by atoms with Gasteiger partial charge in [0.2, 0.25) is 0 Å². The number of hydrogen-bond acceptors (Lipinski definition) is 5. The van der Waals surface area contributed by atoms with Gasteiger partial charge in [-0.25, -0.2) is 4.79 Å². The second-order valence-corrected chi connectivity index (χ2v) is 6.02. The van der Waals surface area contributed by atoms with E-state index in [2.05, 4.69) is 11.4 Å². The molecule has 1 fully saturated rings. The van der Waals surface area contributed by atoms with E-state index in [0.717, 1.165) is 25.0 Å². The summed E-state index contributed by atoms with van der Waals surface area (Å²) in [6.45, 7) is 1.67. The van der Waals surface area contributed by atoms with E-state index in [9.17, 15) is 28.0 Å². The fourth-order valence-corrected chi connectivity index (χ4v) is 2.78. The van der Waals surface area contributed by atoms with Crippen molar-refractivity contribution in [3.05, 3.63) is 46.5 Å². The number of benzene rings is 1. The van der Waals surface area contributed by atoms with Crippen molar-refractivity contribution in [2.24, 2.45) is 0 Å². The fraction of sp³-hybridized carbons (Fsp3) is 0.333. The molecule has 0 saturated carbocycles. The molecule has 28 heavy (non-hydrogen) atoms. The quantitative estimate of drug-likeness (QED) is 0.586. The number of rotatable bonds is 2. The molecule has 0 bridgehead atoms. The van der Waals surface area contributed by atoms with Crippen LogP contribution in [0.1, 0.15) is 33.6 Å². The Kier molecular flexibility index (Phi) is 6.53. The second kappa shape index (κ2) is 8.67. The van der Waals surface area contributed by atoms with E-state index in [1.54, 1.807) is 24.3 Å². The van der Waals surface area contributed by atoms with E-state index in [0.29, 0.717) is 23.2 Å². The third kappa shape index (κ3) is 4.75. The summed E-state index contributed by atoms with van der Waals surface area (Å²) in [4.78, 5) is 34.7. The van der Waals surface area contributed by atoms with Crippen molar-refractivity contribution in [1.82, 2.24) is 10.2 Å². The van der Waals surface area contributed by atoms with Gasteiger partial charge < -0.3 is 10.4 Å². The first-order valence-electron chi connectivity index (χ1n) is 8.24. The van der Waals surface area contributed by atoms with Gasteiger partial charge in [-0.15, -0.1) is 0 Å². The number of piperidine rings is 1. The highest BCUT2D eigenvalue weighted by Crippen LogP contribution is 2.24. The predicted molar refractivity (Wildman–Crippen MR) is 90.2 cm³/mol. The minimum absolute atomic E-state index is 0.0693. The number of halogens is 3. The van der Waals surface area contributed by atoms with Gasteiger partial charge in [0.25, 0.3) is 11.8 Å². The molecule has 1 aromatic carbocycles. The van der Waals surface area contributed by atoms with Crippen LogP contribution in [0.5, 0.6) is 0 Å². The zero-order valence-electron chi connectivity index (χ0n) is 14.5. The highest BCUT2D eigenvalue weighted by atomic mass is 19.4. The Bertz CT molecular complexity index is 829. The van der Waals surface area contributed by atoms with E-state index in [4.69, 9.17) is 9.90 Å². The summed E-state index contributed by atoms with van der Waals surface area (Å²) in [6.07, 6.45) is -3.26. The molecule has 0 radical (unpaired) electrons. The molecule has 2 N–H and O–H groups in total. The van der Waals surface area contributed by atoms with Gasteiger partial charge in [0, 0.05) is 12.1 Å². The average Bonchev–Trinajstić information content (AvgIpc) is 2.91. The molecule has 0 atom stereocenters.